The fourth-order valence-electron chi connectivity index (χ4n) is 4.83. The molecule has 0 unspecified atom stereocenters. The van der Waals surface area contributed by atoms with E-state index in [1.54, 1.807) is 0 Å². The largest absolute Gasteiger partial charge is 0.199 e. The molecule has 0 saturated carbocycles. The van der Waals surface area contributed by atoms with Crippen LogP contribution in [-0.2, 0) is 17.2 Å². The van der Waals surface area contributed by atoms with Crippen molar-refractivity contribution < 1.29 is 17.2 Å². The maximum Gasteiger partial charge on any atom is -0.0134 e. The molecule has 0 fully saturated rings. The van der Waals surface area contributed by atoms with Crippen LogP contribution in [0.4, 0.5) is 0 Å². The molecule has 0 bridgehead atoms. The molecule has 47 heavy (non-hydrogen) atoms. The molecule has 4 heteroatoms. The summed E-state index contributed by atoms with van der Waals surface area (Å²) >= 11 is 5.35. The molecule has 0 heterocycles. The molecule has 0 nitrogen and oxygen atoms in total. The maximum atomic E-state index is 3.72. The minimum absolute atomic E-state index is 0.446. The van der Waals surface area contributed by atoms with Gasteiger partial charge in [-0.05, 0) is 47.7 Å². The third-order valence-corrected chi connectivity index (χ3v) is 11.8. The second kappa shape index (κ2) is 21.3. The Bertz CT molecular complexity index is 1470. The number of hydrogen-bond donors (Lipinski definition) is 0. The molecule has 0 saturated heterocycles. The Morgan fingerprint density at radius 2 is 0.426 bits per heavy atom. The molecule has 0 amide bonds. The molecule has 0 aliphatic carbocycles. The summed E-state index contributed by atoms with van der Waals surface area (Å²) in [6.07, 6.45) is 0. The summed E-state index contributed by atoms with van der Waals surface area (Å²) in [6.45, 7) is 3.72. The van der Waals surface area contributed by atoms with Crippen molar-refractivity contribution in [1.29, 1.82) is 0 Å². The Labute approximate surface area is 301 Å². The Morgan fingerprint density at radius 3 is 0.553 bits per heavy atom. The van der Waals surface area contributed by atoms with E-state index in [9.17, 15) is 0 Å². The first-order chi connectivity index (χ1) is 23.3. The summed E-state index contributed by atoms with van der Waals surface area (Å²) in [4.78, 5) is 0. The van der Waals surface area contributed by atoms with E-state index in [0.717, 1.165) is 5.56 Å². The molecule has 0 radical (unpaired) electrons. The van der Waals surface area contributed by atoms with Crippen molar-refractivity contribution >= 4 is 61.1 Å². The van der Waals surface area contributed by atoms with Gasteiger partial charge in [-0.25, -0.2) is 0 Å². The van der Waals surface area contributed by atoms with Crippen LogP contribution in [0.25, 0.3) is 0 Å². The van der Waals surface area contributed by atoms with Gasteiger partial charge in [0.1, 0.15) is 0 Å². The summed E-state index contributed by atoms with van der Waals surface area (Å²) in [7, 11) is -0.892. The average molecular weight is 802 g/mol. The van der Waals surface area contributed by atoms with Crippen LogP contribution in [0.15, 0.2) is 212 Å². The fourth-order valence-corrected chi connectivity index (χ4v) is 9.45. The molecule has 7 aromatic rings. The first-order valence-corrected chi connectivity index (χ1v) is 21.4. The monoisotopic (exact) mass is 800 g/mol. The zero-order valence-corrected chi connectivity index (χ0v) is 30.9. The van der Waals surface area contributed by atoms with Crippen LogP contribution < -0.4 is 31.8 Å². The van der Waals surface area contributed by atoms with E-state index in [1.165, 1.54) is 31.8 Å². The van der Waals surface area contributed by atoms with E-state index < -0.39 is 15.8 Å². The summed E-state index contributed by atoms with van der Waals surface area (Å²) in [6, 6.07) is 74.5. The van der Waals surface area contributed by atoms with E-state index in [2.05, 4.69) is 220 Å². The van der Waals surface area contributed by atoms with Gasteiger partial charge >= 0.3 is 30.6 Å². The van der Waals surface area contributed by atoms with Gasteiger partial charge in [0, 0.05) is 0 Å². The molecular formula is C43H37BrP2Pd. The number of benzene rings is 7. The molecule has 0 aromatic heterocycles. The zero-order valence-electron chi connectivity index (χ0n) is 26.0. The van der Waals surface area contributed by atoms with Crippen molar-refractivity contribution in [3.63, 3.8) is 0 Å². The predicted molar refractivity (Wildman–Crippen MR) is 210 cm³/mol. The normalized spacial score (nSPS) is 9.98. The maximum absolute atomic E-state index is 3.72. The van der Waals surface area contributed by atoms with Crippen molar-refractivity contribution in [3.8, 4) is 0 Å². The third-order valence-electron chi connectivity index (χ3n) is 6.93. The summed E-state index contributed by atoms with van der Waals surface area (Å²) in [5.41, 5.74) is 1.07. The first kappa shape index (κ1) is 36.3. The minimum atomic E-state index is -0.446. The van der Waals surface area contributed by atoms with Crippen molar-refractivity contribution in [2.45, 2.75) is 0 Å². The second-order valence-electron chi connectivity index (χ2n) is 10.2. The van der Waals surface area contributed by atoms with Gasteiger partial charge < -0.3 is 0 Å². The summed E-state index contributed by atoms with van der Waals surface area (Å²) in [5.74, 6) is 0. The van der Waals surface area contributed by atoms with Gasteiger partial charge in [0.25, 0.3) is 0 Å². The molecule has 236 valence electrons. The average Bonchev–Trinajstić information content (AvgIpc) is 3.16. The number of rotatable bonds is 6. The standard InChI is InChI=1S/2C18H15P.C7H7.BrH.Pd/c2*1-4-10-16(11-5-1)19(17-12-6-2-7-13-17)18-14-8-3-9-15-18;1-7-5-3-2-4-6-7;;/h2*1-15H;2-6H,1H2;1H;/q;;-1;;+2/p-1. The molecule has 0 N–H and O–H groups in total. The third kappa shape index (κ3) is 11.9. The van der Waals surface area contributed by atoms with Crippen LogP contribution in [0, 0.1) is 6.92 Å². The molecule has 7 rings (SSSR count). The Kier molecular flexibility index (Phi) is 16.4. The second-order valence-corrected chi connectivity index (χ2v) is 14.6. The molecule has 0 aliphatic heterocycles. The summed E-state index contributed by atoms with van der Waals surface area (Å²) in [5, 5.41) is 8.39. The van der Waals surface area contributed by atoms with E-state index in [-0.39, 0.29) is 0 Å². The topological polar surface area (TPSA) is 0 Å². The van der Waals surface area contributed by atoms with Gasteiger partial charge in [0.05, 0.1) is 0 Å². The van der Waals surface area contributed by atoms with Crippen LogP contribution in [0.5, 0.6) is 0 Å². The Balaban J connectivity index is 0.000000170. The van der Waals surface area contributed by atoms with Gasteiger partial charge in [-0.15, -0.1) is 12.1 Å². The van der Waals surface area contributed by atoms with Crippen LogP contribution in [0.3, 0.4) is 0 Å². The number of hydrogen-bond acceptors (Lipinski definition) is 0. The van der Waals surface area contributed by atoms with Gasteiger partial charge in [-0.1, -0.05) is 188 Å². The Hall–Kier alpha value is -3.59. The molecule has 0 spiro atoms. The van der Waals surface area contributed by atoms with Crippen LogP contribution in [0.2, 0.25) is 0 Å². The molecule has 0 atom stereocenters. The molecule has 0 aliphatic rings. The minimum Gasteiger partial charge on any atom is -0.199 e. The van der Waals surface area contributed by atoms with E-state index in [0.29, 0.717) is 0 Å². The zero-order chi connectivity index (χ0) is 32.9. The fraction of sp³-hybridized carbons (Fsp3) is 0. The van der Waals surface area contributed by atoms with Crippen LogP contribution >= 0.6 is 29.3 Å². The van der Waals surface area contributed by atoms with Crippen LogP contribution in [-0.4, -0.2) is 0 Å². The van der Waals surface area contributed by atoms with Crippen molar-refractivity contribution in [3.05, 3.63) is 225 Å². The number of halogens is 1. The van der Waals surface area contributed by atoms with E-state index >= 15 is 0 Å². The first-order valence-electron chi connectivity index (χ1n) is 15.2. The SMILES string of the molecule is [Br][Pd+].[CH2-]c1ccccc1.c1ccc(P(c2ccccc2)c2ccccc2)cc1.c1ccc(P(c2ccccc2)c2ccccc2)cc1. The van der Waals surface area contributed by atoms with Crippen molar-refractivity contribution in [2.24, 2.45) is 0 Å². The van der Waals surface area contributed by atoms with Gasteiger partial charge in [-0.3, -0.25) is 0 Å². The van der Waals surface area contributed by atoms with E-state index in [1.807, 2.05) is 30.3 Å². The van der Waals surface area contributed by atoms with Crippen molar-refractivity contribution in [1.82, 2.24) is 0 Å². The van der Waals surface area contributed by atoms with Gasteiger partial charge in [-0.2, -0.15) is 24.6 Å². The van der Waals surface area contributed by atoms with Gasteiger partial charge in [0.15, 0.2) is 0 Å². The van der Waals surface area contributed by atoms with E-state index in [4.69, 9.17) is 0 Å². The van der Waals surface area contributed by atoms with Crippen molar-refractivity contribution in [2.75, 3.05) is 0 Å². The molecule has 7 aromatic carbocycles. The smallest absolute Gasteiger partial charge is 0.0134 e. The summed E-state index contributed by atoms with van der Waals surface area (Å²) < 4.78 is 0. The molecular weight excluding hydrogens is 765 g/mol. The van der Waals surface area contributed by atoms with Gasteiger partial charge in [0.2, 0.25) is 0 Å². The quantitative estimate of drug-likeness (QED) is 0.0894. The Morgan fingerprint density at radius 1 is 0.277 bits per heavy atom. The predicted octanol–water partition coefficient (Wildman–Crippen LogP) is 9.60. The van der Waals surface area contributed by atoms with Crippen LogP contribution in [0.1, 0.15) is 5.56 Å².